The van der Waals surface area contributed by atoms with Crippen molar-refractivity contribution in [3.63, 3.8) is 0 Å². The van der Waals surface area contributed by atoms with Gasteiger partial charge in [0.25, 0.3) is 11.7 Å². The van der Waals surface area contributed by atoms with Gasteiger partial charge in [0.2, 0.25) is 0 Å². The molecule has 3 aromatic rings. The zero-order valence-electron chi connectivity index (χ0n) is 15.8. The summed E-state index contributed by atoms with van der Waals surface area (Å²) in [5, 5.41) is 11.6. The number of amides is 1. The number of anilines is 1. The Kier molecular flexibility index (Phi) is 5.33. The molecule has 1 N–H and O–H groups in total. The van der Waals surface area contributed by atoms with Crippen LogP contribution in [0, 0.1) is 6.92 Å². The summed E-state index contributed by atoms with van der Waals surface area (Å²) in [5.41, 5.74) is 2.42. The van der Waals surface area contributed by atoms with Gasteiger partial charge in [0, 0.05) is 23.6 Å². The lowest BCUT2D eigenvalue weighted by atomic mass is 9.96. The molecule has 1 fully saturated rings. The highest BCUT2D eigenvalue weighted by atomic mass is 35.5. The molecule has 1 aliphatic rings. The first-order valence-electron chi connectivity index (χ1n) is 9.11. The van der Waals surface area contributed by atoms with Gasteiger partial charge in [0.15, 0.2) is 0 Å². The SMILES string of the molecule is Cc1ccc(N2C(=O)C(=O)/C(=C(\O)c3ccc(Cl)c(Cl)c3)C2c2cccnc2)cc1. The average Bonchev–Trinajstić information content (AvgIpc) is 3.02. The summed E-state index contributed by atoms with van der Waals surface area (Å²) in [7, 11) is 0. The van der Waals surface area contributed by atoms with Crippen LogP contribution in [0.4, 0.5) is 5.69 Å². The molecule has 4 rings (SSSR count). The maximum Gasteiger partial charge on any atom is 0.300 e. The number of rotatable bonds is 3. The van der Waals surface area contributed by atoms with E-state index < -0.39 is 17.7 Å². The predicted molar refractivity (Wildman–Crippen MR) is 117 cm³/mol. The second-order valence-electron chi connectivity index (χ2n) is 6.92. The van der Waals surface area contributed by atoms with Gasteiger partial charge in [0.1, 0.15) is 5.76 Å². The van der Waals surface area contributed by atoms with E-state index in [1.807, 2.05) is 19.1 Å². The number of aliphatic hydroxyl groups is 1. The van der Waals surface area contributed by atoms with Crippen LogP contribution in [0.1, 0.15) is 22.7 Å². The monoisotopic (exact) mass is 438 g/mol. The first-order valence-corrected chi connectivity index (χ1v) is 9.87. The van der Waals surface area contributed by atoms with E-state index in [1.54, 1.807) is 42.7 Å². The third kappa shape index (κ3) is 3.47. The number of hydrogen-bond donors (Lipinski definition) is 1. The Morgan fingerprint density at radius 2 is 1.77 bits per heavy atom. The number of aromatic nitrogens is 1. The summed E-state index contributed by atoms with van der Waals surface area (Å²) in [6.07, 6.45) is 3.17. The zero-order chi connectivity index (χ0) is 21.4. The smallest absolute Gasteiger partial charge is 0.300 e. The number of hydrogen-bond acceptors (Lipinski definition) is 4. The molecule has 0 spiro atoms. The van der Waals surface area contributed by atoms with E-state index in [2.05, 4.69) is 4.98 Å². The van der Waals surface area contributed by atoms with Gasteiger partial charge in [-0.3, -0.25) is 19.5 Å². The number of nitrogens with zero attached hydrogens (tertiary/aromatic N) is 2. The molecule has 5 nitrogen and oxygen atoms in total. The van der Waals surface area contributed by atoms with Gasteiger partial charge in [-0.15, -0.1) is 0 Å². The third-order valence-electron chi connectivity index (χ3n) is 4.95. The van der Waals surface area contributed by atoms with E-state index in [-0.39, 0.29) is 16.4 Å². The number of carbonyl (C=O) groups excluding carboxylic acids is 2. The van der Waals surface area contributed by atoms with Crippen LogP contribution in [0.25, 0.3) is 5.76 Å². The Hall–Kier alpha value is -3.15. The van der Waals surface area contributed by atoms with E-state index in [0.717, 1.165) is 5.56 Å². The van der Waals surface area contributed by atoms with Crippen LogP contribution in [0.15, 0.2) is 72.6 Å². The fraction of sp³-hybridized carbons (Fsp3) is 0.0870. The second-order valence-corrected chi connectivity index (χ2v) is 7.73. The van der Waals surface area contributed by atoms with Crippen LogP contribution in [0.5, 0.6) is 0 Å². The molecule has 1 aliphatic heterocycles. The first kappa shape index (κ1) is 20.1. The normalized spacial score (nSPS) is 18.1. The summed E-state index contributed by atoms with van der Waals surface area (Å²) in [6, 6.07) is 14.4. The quantitative estimate of drug-likeness (QED) is 0.341. The van der Waals surface area contributed by atoms with Gasteiger partial charge >= 0.3 is 0 Å². The summed E-state index contributed by atoms with van der Waals surface area (Å²) in [5.74, 6) is -1.84. The van der Waals surface area contributed by atoms with E-state index in [1.165, 1.54) is 17.0 Å². The van der Waals surface area contributed by atoms with Crippen molar-refractivity contribution in [2.45, 2.75) is 13.0 Å². The summed E-state index contributed by atoms with van der Waals surface area (Å²) in [6.45, 7) is 1.93. The molecule has 150 valence electrons. The van der Waals surface area contributed by atoms with Crippen LogP contribution < -0.4 is 4.90 Å². The number of aryl methyl sites for hydroxylation is 1. The standard InChI is InChI=1S/C23H16Cl2N2O3/c1-13-4-7-16(8-5-13)27-20(15-3-2-10-26-12-15)19(22(29)23(27)30)21(28)14-6-9-17(24)18(25)11-14/h2-12,20,28H,1H3/b21-19-. The van der Waals surface area contributed by atoms with E-state index in [4.69, 9.17) is 23.2 Å². The summed E-state index contributed by atoms with van der Waals surface area (Å²) in [4.78, 5) is 31.5. The van der Waals surface area contributed by atoms with Gasteiger partial charge in [-0.25, -0.2) is 0 Å². The number of aliphatic hydroxyl groups excluding tert-OH is 1. The number of Topliss-reactive ketones (excluding diaryl/α,β-unsaturated/α-hetero) is 1. The zero-order valence-corrected chi connectivity index (χ0v) is 17.4. The van der Waals surface area contributed by atoms with Crippen molar-refractivity contribution in [2.75, 3.05) is 4.90 Å². The van der Waals surface area contributed by atoms with Crippen LogP contribution in [0.3, 0.4) is 0 Å². The van der Waals surface area contributed by atoms with Crippen molar-refractivity contribution in [3.05, 3.63) is 99.3 Å². The number of pyridine rings is 1. The lowest BCUT2D eigenvalue weighted by Crippen LogP contribution is -2.29. The van der Waals surface area contributed by atoms with Crippen LogP contribution in [-0.4, -0.2) is 21.8 Å². The maximum atomic E-state index is 13.0. The maximum absolute atomic E-state index is 13.0. The van der Waals surface area contributed by atoms with Crippen molar-refractivity contribution in [1.29, 1.82) is 0 Å². The van der Waals surface area contributed by atoms with E-state index >= 15 is 0 Å². The van der Waals surface area contributed by atoms with Gasteiger partial charge in [-0.2, -0.15) is 0 Å². The topological polar surface area (TPSA) is 70.5 Å². The Bertz CT molecular complexity index is 1170. The van der Waals surface area contributed by atoms with E-state index in [0.29, 0.717) is 21.8 Å². The van der Waals surface area contributed by atoms with Gasteiger partial charge < -0.3 is 5.11 Å². The lowest BCUT2D eigenvalue weighted by molar-refractivity contribution is -0.132. The predicted octanol–water partition coefficient (Wildman–Crippen LogP) is 5.32. The Balaban J connectivity index is 1.94. The van der Waals surface area contributed by atoms with Gasteiger partial charge in [0.05, 0.1) is 21.7 Å². The summed E-state index contributed by atoms with van der Waals surface area (Å²) < 4.78 is 0. The molecule has 0 saturated carbocycles. The van der Waals surface area contributed by atoms with Crippen LogP contribution in [0.2, 0.25) is 10.0 Å². The van der Waals surface area contributed by atoms with Crippen molar-refractivity contribution in [3.8, 4) is 0 Å². The van der Waals surface area contributed by atoms with Crippen molar-refractivity contribution >= 4 is 46.3 Å². The van der Waals surface area contributed by atoms with Crippen molar-refractivity contribution in [2.24, 2.45) is 0 Å². The van der Waals surface area contributed by atoms with Crippen molar-refractivity contribution < 1.29 is 14.7 Å². The molecule has 1 amide bonds. The van der Waals surface area contributed by atoms with Crippen LogP contribution in [-0.2, 0) is 9.59 Å². The number of ketones is 1. The summed E-state index contributed by atoms with van der Waals surface area (Å²) >= 11 is 12.1. The lowest BCUT2D eigenvalue weighted by Gasteiger charge is -2.25. The number of carbonyl (C=O) groups is 2. The van der Waals surface area contributed by atoms with E-state index in [9.17, 15) is 14.7 Å². The Labute approximate surface area is 183 Å². The largest absolute Gasteiger partial charge is 0.507 e. The minimum absolute atomic E-state index is 0.0352. The molecule has 0 radical (unpaired) electrons. The highest BCUT2D eigenvalue weighted by molar-refractivity contribution is 6.51. The van der Waals surface area contributed by atoms with Gasteiger partial charge in [-0.1, -0.05) is 47.0 Å². The van der Waals surface area contributed by atoms with Crippen LogP contribution >= 0.6 is 23.2 Å². The molecule has 0 bridgehead atoms. The molecule has 7 heteroatoms. The third-order valence-corrected chi connectivity index (χ3v) is 5.69. The molecular formula is C23H16Cl2N2O3. The van der Waals surface area contributed by atoms with Crippen molar-refractivity contribution in [1.82, 2.24) is 4.98 Å². The van der Waals surface area contributed by atoms with Gasteiger partial charge in [-0.05, 0) is 48.9 Å². The fourth-order valence-corrected chi connectivity index (χ4v) is 3.75. The highest BCUT2D eigenvalue weighted by Crippen LogP contribution is 2.42. The Morgan fingerprint density at radius 1 is 1.03 bits per heavy atom. The minimum Gasteiger partial charge on any atom is -0.507 e. The molecule has 1 unspecified atom stereocenters. The molecule has 2 aromatic carbocycles. The molecule has 1 saturated heterocycles. The molecule has 1 aromatic heterocycles. The molecule has 1 atom stereocenters. The molecule has 0 aliphatic carbocycles. The number of benzene rings is 2. The Morgan fingerprint density at radius 3 is 2.40 bits per heavy atom. The fourth-order valence-electron chi connectivity index (χ4n) is 3.46. The highest BCUT2D eigenvalue weighted by Gasteiger charge is 2.47. The minimum atomic E-state index is -0.837. The first-order chi connectivity index (χ1) is 14.4. The average molecular weight is 439 g/mol. The molecule has 30 heavy (non-hydrogen) atoms. The second kappa shape index (κ2) is 7.94. The molecular weight excluding hydrogens is 423 g/mol. The number of halogens is 2. The molecule has 2 heterocycles.